The lowest BCUT2D eigenvalue weighted by molar-refractivity contribution is -0.137. The maximum absolute atomic E-state index is 12.0. The van der Waals surface area contributed by atoms with Crippen LogP contribution < -0.4 is 0 Å². The number of esters is 1. The first kappa shape index (κ1) is 20.5. The third-order valence-electron chi connectivity index (χ3n) is 4.85. The van der Waals surface area contributed by atoms with Crippen LogP contribution in [0.2, 0.25) is 0 Å². The monoisotopic (exact) mass is 389 g/mol. The first-order chi connectivity index (χ1) is 14.0. The van der Waals surface area contributed by atoms with E-state index in [1.54, 1.807) is 12.3 Å². The summed E-state index contributed by atoms with van der Waals surface area (Å²) in [6.07, 6.45) is 8.49. The summed E-state index contributed by atoms with van der Waals surface area (Å²) in [5.74, 6) is -0.332. The molecule has 0 aliphatic rings. The highest BCUT2D eigenvalue weighted by Crippen LogP contribution is 2.17. The summed E-state index contributed by atoms with van der Waals surface area (Å²) >= 11 is 0. The number of benzene rings is 1. The Kier molecular flexibility index (Phi) is 6.95. The Morgan fingerprint density at radius 1 is 1.10 bits per heavy atom. The van der Waals surface area contributed by atoms with E-state index in [2.05, 4.69) is 41.3 Å². The number of ether oxygens (including phenoxy) is 1. The van der Waals surface area contributed by atoms with E-state index in [4.69, 9.17) is 4.74 Å². The van der Waals surface area contributed by atoms with Gasteiger partial charge in [-0.3, -0.25) is 9.67 Å². The fourth-order valence-corrected chi connectivity index (χ4v) is 3.17. The fraction of sp³-hybridized carbons (Fsp3) is 0.292. The molecule has 5 heteroatoms. The average Bonchev–Trinajstić information content (AvgIpc) is 2.99. The van der Waals surface area contributed by atoms with Crippen molar-refractivity contribution in [2.24, 2.45) is 0 Å². The average molecular weight is 389 g/mol. The topological polar surface area (TPSA) is 57.0 Å². The summed E-state index contributed by atoms with van der Waals surface area (Å²) in [6.45, 7) is 7.15. The molecule has 0 fully saturated rings. The van der Waals surface area contributed by atoms with Crippen LogP contribution in [0.25, 0.3) is 6.08 Å². The highest BCUT2D eigenvalue weighted by Gasteiger charge is 2.10. The van der Waals surface area contributed by atoms with Gasteiger partial charge in [0.15, 0.2) is 0 Å². The van der Waals surface area contributed by atoms with Crippen molar-refractivity contribution in [3.8, 4) is 0 Å². The third-order valence-corrected chi connectivity index (χ3v) is 4.85. The van der Waals surface area contributed by atoms with Crippen LogP contribution in [0.5, 0.6) is 0 Å². The number of rotatable bonds is 8. The minimum atomic E-state index is -0.332. The molecule has 29 heavy (non-hydrogen) atoms. The second kappa shape index (κ2) is 9.82. The molecule has 0 atom stereocenters. The molecular weight excluding hydrogens is 362 g/mol. The number of aromatic nitrogens is 3. The number of nitrogens with zero attached hydrogens (tertiary/aromatic N) is 3. The van der Waals surface area contributed by atoms with Gasteiger partial charge in [0, 0.05) is 29.7 Å². The number of hydrogen-bond donors (Lipinski definition) is 0. The minimum absolute atomic E-state index is 0.332. The van der Waals surface area contributed by atoms with Gasteiger partial charge in [0.2, 0.25) is 0 Å². The molecule has 0 amide bonds. The highest BCUT2D eigenvalue weighted by atomic mass is 16.5. The van der Waals surface area contributed by atoms with Crippen LogP contribution in [0, 0.1) is 20.8 Å². The van der Waals surface area contributed by atoms with E-state index in [1.807, 2.05) is 36.9 Å². The van der Waals surface area contributed by atoms with E-state index in [9.17, 15) is 4.79 Å². The van der Waals surface area contributed by atoms with E-state index in [0.717, 1.165) is 35.4 Å². The minimum Gasteiger partial charge on any atom is -0.463 e. The Hall–Kier alpha value is -3.21. The van der Waals surface area contributed by atoms with E-state index in [0.29, 0.717) is 13.2 Å². The van der Waals surface area contributed by atoms with Crippen LogP contribution >= 0.6 is 0 Å². The number of aryl methyl sites for hydroxylation is 3. The smallest absolute Gasteiger partial charge is 0.330 e. The Morgan fingerprint density at radius 2 is 1.90 bits per heavy atom. The normalized spacial score (nSPS) is 11.1. The molecule has 5 nitrogen and oxygen atoms in total. The van der Waals surface area contributed by atoms with E-state index in [-0.39, 0.29) is 5.97 Å². The first-order valence-corrected chi connectivity index (χ1v) is 9.86. The molecule has 1 aromatic carbocycles. The number of pyridine rings is 1. The zero-order valence-electron chi connectivity index (χ0n) is 17.3. The van der Waals surface area contributed by atoms with Crippen molar-refractivity contribution >= 4 is 12.0 Å². The molecule has 0 saturated heterocycles. The van der Waals surface area contributed by atoms with Crippen LogP contribution in [0.15, 0.2) is 54.9 Å². The Morgan fingerprint density at radius 3 is 2.62 bits per heavy atom. The summed E-state index contributed by atoms with van der Waals surface area (Å²) in [6, 6.07) is 12.4. The van der Waals surface area contributed by atoms with Crippen LogP contribution in [0.3, 0.4) is 0 Å². The van der Waals surface area contributed by atoms with Crippen LogP contribution in [-0.4, -0.2) is 27.3 Å². The summed E-state index contributed by atoms with van der Waals surface area (Å²) in [5, 5.41) is 4.62. The van der Waals surface area contributed by atoms with Crippen molar-refractivity contribution in [1.29, 1.82) is 0 Å². The second-order valence-corrected chi connectivity index (χ2v) is 7.19. The third kappa shape index (κ3) is 5.88. The van der Waals surface area contributed by atoms with E-state index < -0.39 is 0 Å². The molecule has 0 radical (unpaired) electrons. The Balaban J connectivity index is 1.53. The number of carbonyl (C=O) groups is 1. The van der Waals surface area contributed by atoms with Gasteiger partial charge >= 0.3 is 5.97 Å². The maximum atomic E-state index is 12.0. The zero-order valence-corrected chi connectivity index (χ0v) is 17.3. The predicted octanol–water partition coefficient (Wildman–Crippen LogP) is 4.44. The molecule has 0 unspecified atom stereocenters. The van der Waals surface area contributed by atoms with Crippen molar-refractivity contribution in [2.75, 3.05) is 6.61 Å². The highest BCUT2D eigenvalue weighted by molar-refractivity contribution is 5.87. The van der Waals surface area contributed by atoms with Crippen molar-refractivity contribution in [1.82, 2.24) is 14.8 Å². The van der Waals surface area contributed by atoms with E-state index in [1.165, 1.54) is 17.2 Å². The van der Waals surface area contributed by atoms with Crippen LogP contribution in [0.4, 0.5) is 0 Å². The van der Waals surface area contributed by atoms with Gasteiger partial charge in [-0.1, -0.05) is 35.9 Å². The lowest BCUT2D eigenvalue weighted by Crippen LogP contribution is -2.04. The largest absolute Gasteiger partial charge is 0.463 e. The lowest BCUT2D eigenvalue weighted by Gasteiger charge is -2.05. The standard InChI is InChI=1S/C24H27N3O2/c1-18-8-10-22(11-9-18)17-27-20(3)23(19(2)26-27)12-13-24(28)29-15-5-7-21-6-4-14-25-16-21/h4,6,8-14,16H,5,7,15,17H2,1-3H3/b13-12+. The molecule has 0 N–H and O–H groups in total. The predicted molar refractivity (Wildman–Crippen MR) is 115 cm³/mol. The number of hydrogen-bond acceptors (Lipinski definition) is 4. The van der Waals surface area contributed by atoms with Gasteiger partial charge in [0.05, 0.1) is 18.8 Å². The van der Waals surface area contributed by atoms with Gasteiger partial charge in [-0.25, -0.2) is 4.79 Å². The van der Waals surface area contributed by atoms with Crippen molar-refractivity contribution in [3.63, 3.8) is 0 Å². The molecule has 3 rings (SSSR count). The molecular formula is C24H27N3O2. The molecule has 0 aliphatic carbocycles. The maximum Gasteiger partial charge on any atom is 0.330 e. The summed E-state index contributed by atoms with van der Waals surface area (Å²) < 4.78 is 7.28. The Labute approximate surface area is 172 Å². The Bertz CT molecular complexity index is 973. The molecule has 0 spiro atoms. The van der Waals surface area contributed by atoms with Gasteiger partial charge < -0.3 is 4.74 Å². The summed E-state index contributed by atoms with van der Waals surface area (Å²) in [5.41, 5.74) is 6.48. The summed E-state index contributed by atoms with van der Waals surface area (Å²) in [4.78, 5) is 16.1. The molecule has 150 valence electrons. The van der Waals surface area contributed by atoms with Crippen LogP contribution in [0.1, 0.15) is 40.1 Å². The SMILES string of the molecule is Cc1ccc(Cn2nc(C)c(/C=C/C(=O)OCCCc3cccnc3)c2C)cc1. The van der Waals surface area contributed by atoms with Gasteiger partial charge in [-0.15, -0.1) is 0 Å². The van der Waals surface area contributed by atoms with Gasteiger partial charge in [0.25, 0.3) is 0 Å². The van der Waals surface area contributed by atoms with Gasteiger partial charge in [-0.05, 0) is 56.9 Å². The summed E-state index contributed by atoms with van der Waals surface area (Å²) in [7, 11) is 0. The zero-order chi connectivity index (χ0) is 20.6. The van der Waals surface area contributed by atoms with E-state index >= 15 is 0 Å². The fourth-order valence-electron chi connectivity index (χ4n) is 3.17. The van der Waals surface area contributed by atoms with Gasteiger partial charge in [0.1, 0.15) is 0 Å². The second-order valence-electron chi connectivity index (χ2n) is 7.19. The molecule has 0 aliphatic heterocycles. The number of carbonyl (C=O) groups excluding carboxylic acids is 1. The quantitative estimate of drug-likeness (QED) is 0.325. The van der Waals surface area contributed by atoms with Crippen molar-refractivity contribution in [3.05, 3.63) is 88.5 Å². The lowest BCUT2D eigenvalue weighted by atomic mass is 10.1. The molecule has 3 aromatic rings. The molecule has 2 heterocycles. The van der Waals surface area contributed by atoms with Crippen molar-refractivity contribution < 1.29 is 9.53 Å². The van der Waals surface area contributed by atoms with Gasteiger partial charge in [-0.2, -0.15) is 5.10 Å². The van der Waals surface area contributed by atoms with Crippen LogP contribution in [-0.2, 0) is 22.5 Å². The molecule has 0 saturated carbocycles. The molecule has 2 aromatic heterocycles. The van der Waals surface area contributed by atoms with Crippen molar-refractivity contribution in [2.45, 2.75) is 40.2 Å². The first-order valence-electron chi connectivity index (χ1n) is 9.86. The molecule has 0 bridgehead atoms.